The van der Waals surface area contributed by atoms with Gasteiger partial charge < -0.3 is 18.8 Å². The lowest BCUT2D eigenvalue weighted by Gasteiger charge is -2.21. The largest absolute Gasteiger partial charge is 0.493 e. The number of hydrogen-bond donors (Lipinski definition) is 0. The van der Waals surface area contributed by atoms with E-state index in [9.17, 15) is 4.79 Å². The summed E-state index contributed by atoms with van der Waals surface area (Å²) in [4.78, 5) is 22.3. The Balaban J connectivity index is 1.74. The van der Waals surface area contributed by atoms with E-state index in [2.05, 4.69) is 15.6 Å². The first-order valence-corrected chi connectivity index (χ1v) is 10.9. The average Bonchev–Trinajstić information content (AvgIpc) is 3.19. The Kier molecular flexibility index (Phi) is 4.52. The maximum atomic E-state index is 12.9. The molecule has 6 rings (SSSR count). The Labute approximate surface area is 195 Å². The molecule has 1 aliphatic rings. The molecule has 0 bridgehead atoms. The summed E-state index contributed by atoms with van der Waals surface area (Å²) in [7, 11) is 4.78. The number of para-hydroxylation sites is 2. The van der Waals surface area contributed by atoms with E-state index in [1.807, 2.05) is 54.6 Å². The Morgan fingerprint density at radius 1 is 0.824 bits per heavy atom. The number of benzene rings is 3. The number of methoxy groups -OCH3 is 3. The van der Waals surface area contributed by atoms with Crippen LogP contribution in [0, 0.1) is 0 Å². The van der Waals surface area contributed by atoms with Crippen molar-refractivity contribution in [1.29, 1.82) is 0 Å². The number of rotatable bonds is 4. The van der Waals surface area contributed by atoms with Crippen molar-refractivity contribution in [3.8, 4) is 28.8 Å². The molecule has 7 nitrogen and oxygen atoms in total. The van der Waals surface area contributed by atoms with Gasteiger partial charge in [0.15, 0.2) is 17.3 Å². The molecule has 168 valence electrons. The first kappa shape index (κ1) is 20.2. The standard InChI is InChI=1S/C27H21N3O4/c1-32-21-13-16(14-22(33-2)25(21)34-3)24-18-12-15-8-4-6-10-19(15)28-23(18)26-29-27(31)17-9-5-7-11-20(17)30(24)26/h4-14,24H,1-3H3. The van der Waals surface area contributed by atoms with Crippen molar-refractivity contribution in [3.05, 3.63) is 88.2 Å². The van der Waals surface area contributed by atoms with Crippen LogP contribution in [-0.2, 0) is 0 Å². The zero-order valence-corrected chi connectivity index (χ0v) is 18.9. The molecule has 3 heterocycles. The normalized spacial score (nSPS) is 14.1. The van der Waals surface area contributed by atoms with Crippen LogP contribution in [0.15, 0.2) is 71.5 Å². The molecule has 1 aliphatic heterocycles. The maximum Gasteiger partial charge on any atom is 0.281 e. The van der Waals surface area contributed by atoms with Crippen LogP contribution in [0.25, 0.3) is 33.3 Å². The van der Waals surface area contributed by atoms with Crippen LogP contribution in [0.3, 0.4) is 0 Å². The monoisotopic (exact) mass is 451 g/mol. The molecule has 0 radical (unpaired) electrons. The predicted molar refractivity (Wildman–Crippen MR) is 130 cm³/mol. The molecule has 0 saturated carbocycles. The average molecular weight is 451 g/mol. The third kappa shape index (κ3) is 2.80. The lowest BCUT2D eigenvalue weighted by molar-refractivity contribution is 0.323. The first-order chi connectivity index (χ1) is 16.6. The van der Waals surface area contributed by atoms with Crippen LogP contribution in [0.5, 0.6) is 17.2 Å². The Bertz CT molecular complexity index is 1630. The summed E-state index contributed by atoms with van der Waals surface area (Å²) in [5.74, 6) is 2.17. The van der Waals surface area contributed by atoms with Crippen molar-refractivity contribution in [2.24, 2.45) is 0 Å². The Hall–Kier alpha value is -4.39. The minimum atomic E-state index is -0.297. The molecule has 34 heavy (non-hydrogen) atoms. The molecule has 0 saturated heterocycles. The van der Waals surface area contributed by atoms with Crippen LogP contribution in [-0.4, -0.2) is 35.9 Å². The fourth-order valence-corrected chi connectivity index (χ4v) is 4.86. The smallest absolute Gasteiger partial charge is 0.281 e. The van der Waals surface area contributed by atoms with E-state index in [-0.39, 0.29) is 11.6 Å². The Morgan fingerprint density at radius 3 is 2.26 bits per heavy atom. The van der Waals surface area contributed by atoms with E-state index in [1.165, 1.54) is 0 Å². The third-order valence-electron chi connectivity index (χ3n) is 6.35. The van der Waals surface area contributed by atoms with Crippen molar-refractivity contribution < 1.29 is 14.2 Å². The van der Waals surface area contributed by atoms with Crippen LogP contribution < -0.4 is 19.8 Å². The molecule has 0 spiro atoms. The molecule has 0 N–H and O–H groups in total. The van der Waals surface area contributed by atoms with Crippen LogP contribution in [0.4, 0.5) is 0 Å². The second-order valence-electron chi connectivity index (χ2n) is 8.11. The molecular formula is C27H21N3O4. The summed E-state index contributed by atoms with van der Waals surface area (Å²) in [5.41, 5.74) is 3.92. The first-order valence-electron chi connectivity index (χ1n) is 10.9. The number of ether oxygens (including phenoxy) is 3. The molecule has 3 aromatic carbocycles. The van der Waals surface area contributed by atoms with Gasteiger partial charge in [-0.1, -0.05) is 30.3 Å². The van der Waals surface area contributed by atoms with Crippen molar-refractivity contribution >= 4 is 21.8 Å². The number of pyridine rings is 1. The highest BCUT2D eigenvalue weighted by molar-refractivity contribution is 5.88. The lowest BCUT2D eigenvalue weighted by atomic mass is 9.97. The van der Waals surface area contributed by atoms with Crippen LogP contribution in [0.1, 0.15) is 17.2 Å². The number of fused-ring (bicyclic) bond motifs is 6. The number of aromatic nitrogens is 3. The molecule has 0 amide bonds. The van der Waals surface area contributed by atoms with E-state index in [4.69, 9.17) is 19.2 Å². The van der Waals surface area contributed by atoms with Crippen LogP contribution >= 0.6 is 0 Å². The van der Waals surface area contributed by atoms with Gasteiger partial charge >= 0.3 is 0 Å². The van der Waals surface area contributed by atoms with Gasteiger partial charge in [-0.3, -0.25) is 4.79 Å². The highest BCUT2D eigenvalue weighted by atomic mass is 16.5. The number of hydrogen-bond acceptors (Lipinski definition) is 6. The highest BCUT2D eigenvalue weighted by Gasteiger charge is 2.35. The Morgan fingerprint density at radius 2 is 1.53 bits per heavy atom. The maximum absolute atomic E-state index is 12.9. The molecule has 5 aromatic rings. The molecule has 1 unspecified atom stereocenters. The van der Waals surface area contributed by atoms with Gasteiger partial charge in [0.2, 0.25) is 5.75 Å². The van der Waals surface area contributed by atoms with Gasteiger partial charge in [-0.25, -0.2) is 4.98 Å². The van der Waals surface area contributed by atoms with E-state index in [0.717, 1.165) is 27.5 Å². The summed E-state index contributed by atoms with van der Waals surface area (Å²) in [5, 5.41) is 1.57. The fraction of sp³-hybridized carbons (Fsp3) is 0.148. The van der Waals surface area contributed by atoms with Gasteiger partial charge in [0.05, 0.1) is 43.8 Å². The summed E-state index contributed by atoms with van der Waals surface area (Å²) in [6, 6.07) is 21.2. The van der Waals surface area contributed by atoms with Gasteiger partial charge in [0.25, 0.3) is 5.56 Å². The molecule has 0 aliphatic carbocycles. The number of nitrogens with zero attached hydrogens (tertiary/aromatic N) is 3. The highest BCUT2D eigenvalue weighted by Crippen LogP contribution is 2.47. The van der Waals surface area contributed by atoms with Gasteiger partial charge in [0, 0.05) is 10.9 Å². The van der Waals surface area contributed by atoms with Crippen molar-refractivity contribution in [1.82, 2.24) is 14.5 Å². The molecular weight excluding hydrogens is 430 g/mol. The summed E-state index contributed by atoms with van der Waals surface area (Å²) in [6.45, 7) is 0. The minimum absolute atomic E-state index is 0.270. The van der Waals surface area contributed by atoms with Crippen molar-refractivity contribution in [3.63, 3.8) is 0 Å². The zero-order valence-electron chi connectivity index (χ0n) is 18.9. The third-order valence-corrected chi connectivity index (χ3v) is 6.35. The van der Waals surface area contributed by atoms with Gasteiger partial charge in [-0.2, -0.15) is 4.98 Å². The summed E-state index contributed by atoms with van der Waals surface area (Å²) in [6.07, 6.45) is 0. The molecule has 0 fully saturated rings. The minimum Gasteiger partial charge on any atom is -0.493 e. The molecule has 1 atom stereocenters. The topological polar surface area (TPSA) is 75.5 Å². The van der Waals surface area contributed by atoms with Crippen molar-refractivity contribution in [2.75, 3.05) is 21.3 Å². The zero-order chi connectivity index (χ0) is 23.4. The quantitative estimate of drug-likeness (QED) is 0.390. The predicted octanol–water partition coefficient (Wildman–Crippen LogP) is 4.59. The second kappa shape index (κ2) is 7.59. The summed E-state index contributed by atoms with van der Waals surface area (Å²) < 4.78 is 18.9. The lowest BCUT2D eigenvalue weighted by Crippen LogP contribution is -2.17. The fourth-order valence-electron chi connectivity index (χ4n) is 4.86. The van der Waals surface area contributed by atoms with Crippen molar-refractivity contribution in [2.45, 2.75) is 6.04 Å². The molecule has 2 aromatic heterocycles. The SMILES string of the molecule is COc1cc(C2c3cc4ccccc4nc3-c3nc(=O)c4ccccc4n32)cc(OC)c1OC. The van der Waals surface area contributed by atoms with Gasteiger partial charge in [-0.05, 0) is 42.0 Å². The molecule has 7 heteroatoms. The van der Waals surface area contributed by atoms with E-state index < -0.39 is 0 Å². The van der Waals surface area contributed by atoms with E-state index in [0.29, 0.717) is 34.2 Å². The summed E-state index contributed by atoms with van der Waals surface area (Å²) >= 11 is 0. The van der Waals surface area contributed by atoms with Crippen LogP contribution in [0.2, 0.25) is 0 Å². The van der Waals surface area contributed by atoms with Gasteiger partial charge in [0.1, 0.15) is 5.69 Å². The second-order valence-corrected chi connectivity index (χ2v) is 8.11. The van der Waals surface area contributed by atoms with Gasteiger partial charge in [-0.15, -0.1) is 0 Å². The van der Waals surface area contributed by atoms with E-state index >= 15 is 0 Å². The van der Waals surface area contributed by atoms with E-state index in [1.54, 1.807) is 27.4 Å².